The molecule has 1 aliphatic carbocycles. The van der Waals surface area contributed by atoms with Gasteiger partial charge in [0.15, 0.2) is 0 Å². The summed E-state index contributed by atoms with van der Waals surface area (Å²) in [5.74, 6) is 0.752. The molecule has 0 aromatic carbocycles. The minimum Gasteiger partial charge on any atom is -0.382 e. The van der Waals surface area contributed by atoms with Crippen molar-refractivity contribution in [3.8, 4) is 6.07 Å². The third kappa shape index (κ3) is 3.21. The van der Waals surface area contributed by atoms with E-state index in [9.17, 15) is 5.26 Å². The Labute approximate surface area is 93.6 Å². The SMILES string of the molecule is CCC1CCCC(C#N)(CC(C)OC)C1. The van der Waals surface area contributed by atoms with E-state index in [4.69, 9.17) is 4.74 Å². The third-order valence-electron chi connectivity index (χ3n) is 3.84. The number of nitrogens with zero attached hydrogens (tertiary/aromatic N) is 1. The van der Waals surface area contributed by atoms with Crippen molar-refractivity contribution in [1.29, 1.82) is 5.26 Å². The predicted molar refractivity (Wildman–Crippen MR) is 61.4 cm³/mol. The monoisotopic (exact) mass is 209 g/mol. The van der Waals surface area contributed by atoms with Crippen LogP contribution in [0.3, 0.4) is 0 Å². The van der Waals surface area contributed by atoms with Gasteiger partial charge < -0.3 is 4.74 Å². The standard InChI is InChI=1S/C13H23NO/c1-4-12-6-5-7-13(9-12,10-14)8-11(2)15-3/h11-12H,4-9H2,1-3H3. The van der Waals surface area contributed by atoms with Crippen molar-refractivity contribution in [3.05, 3.63) is 0 Å². The normalized spacial score (nSPS) is 33.3. The highest BCUT2D eigenvalue weighted by Gasteiger charge is 2.37. The first kappa shape index (κ1) is 12.5. The largest absolute Gasteiger partial charge is 0.382 e. The average molecular weight is 209 g/mol. The summed E-state index contributed by atoms with van der Waals surface area (Å²) in [6, 6.07) is 2.57. The van der Waals surface area contributed by atoms with Crippen LogP contribution in [0.2, 0.25) is 0 Å². The summed E-state index contributed by atoms with van der Waals surface area (Å²) in [6.45, 7) is 4.30. The van der Waals surface area contributed by atoms with Gasteiger partial charge in [-0.25, -0.2) is 0 Å². The molecule has 2 heteroatoms. The number of ether oxygens (including phenoxy) is 1. The van der Waals surface area contributed by atoms with Crippen LogP contribution in [0.25, 0.3) is 0 Å². The molecular formula is C13H23NO. The topological polar surface area (TPSA) is 33.0 Å². The first-order valence-electron chi connectivity index (χ1n) is 6.10. The zero-order valence-electron chi connectivity index (χ0n) is 10.3. The van der Waals surface area contributed by atoms with Gasteiger partial charge in [0.1, 0.15) is 0 Å². The smallest absolute Gasteiger partial charge is 0.0690 e. The summed E-state index contributed by atoms with van der Waals surface area (Å²) < 4.78 is 5.30. The van der Waals surface area contributed by atoms with Crippen LogP contribution in [0, 0.1) is 22.7 Å². The summed E-state index contributed by atoms with van der Waals surface area (Å²) in [6.07, 6.45) is 6.98. The molecule has 0 saturated heterocycles. The molecule has 15 heavy (non-hydrogen) atoms. The quantitative estimate of drug-likeness (QED) is 0.709. The highest BCUT2D eigenvalue weighted by atomic mass is 16.5. The molecule has 1 aliphatic rings. The molecule has 0 radical (unpaired) electrons. The number of hydrogen-bond acceptors (Lipinski definition) is 2. The zero-order valence-corrected chi connectivity index (χ0v) is 10.3. The van der Waals surface area contributed by atoms with Gasteiger partial charge in [-0.15, -0.1) is 0 Å². The number of nitriles is 1. The summed E-state index contributed by atoms with van der Waals surface area (Å²) in [5.41, 5.74) is -0.103. The Hall–Kier alpha value is -0.550. The molecule has 0 spiro atoms. The molecular weight excluding hydrogens is 186 g/mol. The molecule has 1 rings (SSSR count). The fourth-order valence-corrected chi connectivity index (χ4v) is 2.80. The summed E-state index contributed by atoms with van der Waals surface area (Å²) >= 11 is 0. The fourth-order valence-electron chi connectivity index (χ4n) is 2.80. The van der Waals surface area contributed by atoms with E-state index in [1.54, 1.807) is 7.11 Å². The van der Waals surface area contributed by atoms with Crippen molar-refractivity contribution in [1.82, 2.24) is 0 Å². The van der Waals surface area contributed by atoms with E-state index in [-0.39, 0.29) is 11.5 Å². The molecule has 1 fully saturated rings. The Morgan fingerprint density at radius 1 is 1.60 bits per heavy atom. The van der Waals surface area contributed by atoms with Crippen molar-refractivity contribution in [2.75, 3.05) is 7.11 Å². The molecule has 0 amide bonds. The van der Waals surface area contributed by atoms with Gasteiger partial charge in [0.05, 0.1) is 17.6 Å². The second kappa shape index (κ2) is 5.51. The minimum atomic E-state index is -0.103. The van der Waals surface area contributed by atoms with Crippen LogP contribution < -0.4 is 0 Å². The van der Waals surface area contributed by atoms with Crippen molar-refractivity contribution in [3.63, 3.8) is 0 Å². The van der Waals surface area contributed by atoms with E-state index < -0.39 is 0 Å². The summed E-state index contributed by atoms with van der Waals surface area (Å²) in [5, 5.41) is 9.39. The lowest BCUT2D eigenvalue weighted by Crippen LogP contribution is -2.31. The molecule has 0 aromatic heterocycles. The van der Waals surface area contributed by atoms with Crippen LogP contribution >= 0.6 is 0 Å². The van der Waals surface area contributed by atoms with Gasteiger partial charge in [0, 0.05) is 7.11 Å². The predicted octanol–water partition coefficient (Wildman–Crippen LogP) is 3.52. The van der Waals surface area contributed by atoms with E-state index in [0.29, 0.717) is 0 Å². The first-order valence-corrected chi connectivity index (χ1v) is 6.10. The van der Waals surface area contributed by atoms with Gasteiger partial charge in [-0.3, -0.25) is 0 Å². The van der Waals surface area contributed by atoms with Crippen LogP contribution in [-0.2, 0) is 4.74 Å². The summed E-state index contributed by atoms with van der Waals surface area (Å²) in [7, 11) is 1.73. The lowest BCUT2D eigenvalue weighted by Gasteiger charge is -2.36. The molecule has 0 bridgehead atoms. The van der Waals surface area contributed by atoms with E-state index in [1.165, 1.54) is 19.3 Å². The van der Waals surface area contributed by atoms with Gasteiger partial charge >= 0.3 is 0 Å². The van der Waals surface area contributed by atoms with Crippen LogP contribution in [0.1, 0.15) is 52.4 Å². The first-order chi connectivity index (χ1) is 7.15. The number of hydrogen-bond donors (Lipinski definition) is 0. The molecule has 0 aliphatic heterocycles. The average Bonchev–Trinajstić information content (AvgIpc) is 2.29. The second-order valence-corrected chi connectivity index (χ2v) is 5.01. The molecule has 3 unspecified atom stereocenters. The highest BCUT2D eigenvalue weighted by molar-refractivity contribution is 5.02. The molecule has 3 atom stereocenters. The molecule has 1 saturated carbocycles. The zero-order chi connectivity index (χ0) is 11.3. The van der Waals surface area contributed by atoms with Crippen LogP contribution in [0.5, 0.6) is 0 Å². The molecule has 0 aromatic rings. The maximum atomic E-state index is 9.39. The fraction of sp³-hybridized carbons (Fsp3) is 0.923. The van der Waals surface area contributed by atoms with Gasteiger partial charge in [0.25, 0.3) is 0 Å². The Morgan fingerprint density at radius 3 is 2.87 bits per heavy atom. The van der Waals surface area contributed by atoms with Crippen LogP contribution in [0.4, 0.5) is 0 Å². The maximum Gasteiger partial charge on any atom is 0.0690 e. The Kier molecular flexibility index (Phi) is 4.60. The highest BCUT2D eigenvalue weighted by Crippen LogP contribution is 2.43. The second-order valence-electron chi connectivity index (χ2n) is 5.01. The van der Waals surface area contributed by atoms with Gasteiger partial charge in [-0.2, -0.15) is 5.26 Å². The van der Waals surface area contributed by atoms with E-state index in [2.05, 4.69) is 19.9 Å². The molecule has 2 nitrogen and oxygen atoms in total. The third-order valence-corrected chi connectivity index (χ3v) is 3.84. The van der Waals surface area contributed by atoms with Gasteiger partial charge in [-0.05, 0) is 32.1 Å². The van der Waals surface area contributed by atoms with Crippen molar-refractivity contribution < 1.29 is 4.74 Å². The summed E-state index contributed by atoms with van der Waals surface area (Å²) in [4.78, 5) is 0. The molecule has 0 heterocycles. The van der Waals surface area contributed by atoms with Crippen molar-refractivity contribution >= 4 is 0 Å². The number of rotatable bonds is 4. The Balaban J connectivity index is 2.63. The van der Waals surface area contributed by atoms with Crippen LogP contribution in [-0.4, -0.2) is 13.2 Å². The lowest BCUT2D eigenvalue weighted by molar-refractivity contribution is 0.0582. The van der Waals surface area contributed by atoms with Crippen molar-refractivity contribution in [2.45, 2.75) is 58.5 Å². The van der Waals surface area contributed by atoms with Crippen molar-refractivity contribution in [2.24, 2.45) is 11.3 Å². The molecule has 86 valence electrons. The van der Waals surface area contributed by atoms with E-state index in [1.807, 2.05) is 0 Å². The lowest BCUT2D eigenvalue weighted by atomic mass is 9.67. The number of methoxy groups -OCH3 is 1. The molecule has 0 N–H and O–H groups in total. The minimum absolute atomic E-state index is 0.103. The van der Waals surface area contributed by atoms with Crippen LogP contribution in [0.15, 0.2) is 0 Å². The maximum absolute atomic E-state index is 9.39. The van der Waals surface area contributed by atoms with Gasteiger partial charge in [0.2, 0.25) is 0 Å². The Bertz CT molecular complexity index is 229. The van der Waals surface area contributed by atoms with Gasteiger partial charge in [-0.1, -0.05) is 26.2 Å². The van der Waals surface area contributed by atoms with E-state index in [0.717, 1.165) is 25.2 Å². The van der Waals surface area contributed by atoms with E-state index >= 15 is 0 Å². The Morgan fingerprint density at radius 2 is 2.33 bits per heavy atom.